The van der Waals surface area contributed by atoms with Crippen LogP contribution in [0, 0.1) is 0 Å². The zero-order chi connectivity index (χ0) is 20.1. The van der Waals surface area contributed by atoms with Gasteiger partial charge in [0, 0.05) is 12.6 Å². The second-order valence-corrected chi connectivity index (χ2v) is 8.84. The smallest absolute Gasteiger partial charge is 0.264 e. The van der Waals surface area contributed by atoms with E-state index in [4.69, 9.17) is 4.74 Å². The Morgan fingerprint density at radius 2 is 1.89 bits per heavy atom. The van der Waals surface area contributed by atoms with Crippen molar-refractivity contribution >= 4 is 21.6 Å². The Kier molecular flexibility index (Phi) is 6.24. The molecule has 150 valence electrons. The maximum atomic E-state index is 13.0. The number of anilines is 1. The van der Waals surface area contributed by atoms with E-state index in [0.717, 1.165) is 24.1 Å². The summed E-state index contributed by atoms with van der Waals surface area (Å²) in [5.74, 6) is 0.269. The average Bonchev–Trinajstić information content (AvgIpc) is 3.12. The third kappa shape index (κ3) is 4.47. The molecule has 7 heteroatoms. The minimum atomic E-state index is -3.62. The first-order chi connectivity index (χ1) is 13.4. The molecule has 1 aliphatic heterocycles. The van der Waals surface area contributed by atoms with Crippen LogP contribution in [-0.2, 0) is 21.2 Å². The van der Waals surface area contributed by atoms with Crippen LogP contribution in [0.5, 0.6) is 5.75 Å². The van der Waals surface area contributed by atoms with Gasteiger partial charge in [0.2, 0.25) is 0 Å². The Labute approximate surface area is 166 Å². The monoisotopic (exact) mass is 402 g/mol. The van der Waals surface area contributed by atoms with Crippen molar-refractivity contribution in [3.63, 3.8) is 0 Å². The molecule has 6 nitrogen and oxygen atoms in total. The number of ether oxygens (including phenoxy) is 1. The molecule has 2 aromatic rings. The first-order valence-electron chi connectivity index (χ1n) is 9.54. The van der Waals surface area contributed by atoms with E-state index >= 15 is 0 Å². The van der Waals surface area contributed by atoms with Crippen LogP contribution >= 0.6 is 0 Å². The highest BCUT2D eigenvalue weighted by atomic mass is 32.2. The predicted molar refractivity (Wildman–Crippen MR) is 109 cm³/mol. The van der Waals surface area contributed by atoms with E-state index < -0.39 is 10.0 Å². The van der Waals surface area contributed by atoms with Gasteiger partial charge in [-0.3, -0.25) is 9.10 Å². The summed E-state index contributed by atoms with van der Waals surface area (Å²) in [5, 5.41) is 2.87. The van der Waals surface area contributed by atoms with Crippen LogP contribution in [-0.4, -0.2) is 33.5 Å². The maximum absolute atomic E-state index is 13.0. The van der Waals surface area contributed by atoms with Gasteiger partial charge in [-0.2, -0.15) is 0 Å². The molecule has 1 heterocycles. The molecule has 0 saturated heterocycles. The summed E-state index contributed by atoms with van der Waals surface area (Å²) >= 11 is 0. The van der Waals surface area contributed by atoms with Gasteiger partial charge >= 0.3 is 0 Å². The van der Waals surface area contributed by atoms with Gasteiger partial charge in [-0.1, -0.05) is 31.5 Å². The number of rotatable bonds is 8. The minimum Gasteiger partial charge on any atom is -0.484 e. The van der Waals surface area contributed by atoms with E-state index in [-0.39, 0.29) is 23.5 Å². The molecule has 0 aliphatic carbocycles. The molecule has 0 radical (unpaired) electrons. The third-order valence-corrected chi connectivity index (χ3v) is 6.58. The lowest BCUT2D eigenvalue weighted by atomic mass is 10.2. The van der Waals surface area contributed by atoms with E-state index in [0.29, 0.717) is 18.7 Å². The Morgan fingerprint density at radius 3 is 2.61 bits per heavy atom. The van der Waals surface area contributed by atoms with Crippen LogP contribution in [0.4, 0.5) is 5.69 Å². The number of sulfonamides is 1. The van der Waals surface area contributed by atoms with Crippen molar-refractivity contribution in [2.75, 3.05) is 17.5 Å². The Balaban J connectivity index is 1.64. The number of hydrogen-bond donors (Lipinski definition) is 1. The molecular weight excluding hydrogens is 376 g/mol. The summed E-state index contributed by atoms with van der Waals surface area (Å²) in [6.07, 6.45) is 2.62. The van der Waals surface area contributed by atoms with Gasteiger partial charge in [-0.15, -0.1) is 0 Å². The highest BCUT2D eigenvalue weighted by molar-refractivity contribution is 7.92. The number of benzene rings is 2. The van der Waals surface area contributed by atoms with E-state index in [9.17, 15) is 13.2 Å². The van der Waals surface area contributed by atoms with Crippen LogP contribution < -0.4 is 14.4 Å². The van der Waals surface area contributed by atoms with Gasteiger partial charge in [0.25, 0.3) is 15.9 Å². The van der Waals surface area contributed by atoms with Gasteiger partial charge in [0.1, 0.15) is 5.75 Å². The fourth-order valence-electron chi connectivity index (χ4n) is 3.36. The van der Waals surface area contributed by atoms with Gasteiger partial charge < -0.3 is 10.1 Å². The van der Waals surface area contributed by atoms with Gasteiger partial charge in [0.05, 0.1) is 10.6 Å². The standard InChI is InChI=1S/C21H26N2O4S/c1-3-6-16(2)22-21(24)15-27-18-9-11-19(12-10-18)28(25,26)23-14-13-17-7-4-5-8-20(17)23/h4-5,7-12,16H,3,6,13-15H2,1-2H3,(H,22,24)/t16-/m0/s1. The number of carbonyl (C=O) groups is 1. The van der Waals surface area contributed by atoms with Crippen LogP contribution in [0.3, 0.4) is 0 Å². The molecule has 28 heavy (non-hydrogen) atoms. The molecule has 1 N–H and O–H groups in total. The molecule has 0 fully saturated rings. The topological polar surface area (TPSA) is 75.7 Å². The number of fused-ring (bicyclic) bond motifs is 1. The van der Waals surface area contributed by atoms with E-state index in [2.05, 4.69) is 12.2 Å². The summed E-state index contributed by atoms with van der Waals surface area (Å²) in [5.41, 5.74) is 1.77. The van der Waals surface area contributed by atoms with Crippen LogP contribution in [0.1, 0.15) is 32.3 Å². The van der Waals surface area contributed by atoms with Crippen molar-refractivity contribution in [1.29, 1.82) is 0 Å². The average molecular weight is 403 g/mol. The van der Waals surface area contributed by atoms with Gasteiger partial charge in [-0.25, -0.2) is 8.42 Å². The molecule has 1 aliphatic rings. The number of amides is 1. The van der Waals surface area contributed by atoms with Crippen molar-refractivity contribution in [2.45, 2.75) is 44.0 Å². The summed E-state index contributed by atoms with van der Waals surface area (Å²) in [6, 6.07) is 13.8. The molecule has 0 aromatic heterocycles. The molecule has 0 spiro atoms. The minimum absolute atomic E-state index is 0.0976. The number of hydrogen-bond acceptors (Lipinski definition) is 4. The van der Waals surface area contributed by atoms with E-state index in [1.165, 1.54) is 16.4 Å². The maximum Gasteiger partial charge on any atom is 0.264 e. The fraction of sp³-hybridized carbons (Fsp3) is 0.381. The summed E-state index contributed by atoms with van der Waals surface area (Å²) in [7, 11) is -3.62. The van der Waals surface area contributed by atoms with Crippen LogP contribution in [0.2, 0.25) is 0 Å². The number of nitrogens with zero attached hydrogens (tertiary/aromatic N) is 1. The van der Waals surface area contributed by atoms with Crippen molar-refractivity contribution in [3.8, 4) is 5.75 Å². The lowest BCUT2D eigenvalue weighted by Gasteiger charge is -2.19. The zero-order valence-corrected chi connectivity index (χ0v) is 17.0. The summed E-state index contributed by atoms with van der Waals surface area (Å²) < 4.78 is 32.9. The lowest BCUT2D eigenvalue weighted by Crippen LogP contribution is -2.35. The predicted octanol–water partition coefficient (Wildman–Crippen LogP) is 3.12. The molecule has 1 atom stereocenters. The molecule has 0 bridgehead atoms. The first-order valence-corrected chi connectivity index (χ1v) is 11.0. The summed E-state index contributed by atoms with van der Waals surface area (Å²) in [6.45, 7) is 4.36. The zero-order valence-electron chi connectivity index (χ0n) is 16.2. The largest absolute Gasteiger partial charge is 0.484 e. The molecule has 0 saturated carbocycles. The second-order valence-electron chi connectivity index (χ2n) is 6.97. The summed E-state index contributed by atoms with van der Waals surface area (Å²) in [4.78, 5) is 12.1. The van der Waals surface area contributed by atoms with Crippen molar-refractivity contribution in [2.24, 2.45) is 0 Å². The second kappa shape index (κ2) is 8.65. The normalized spacial score (nSPS) is 14.4. The molecular formula is C21H26N2O4S. The van der Waals surface area contributed by atoms with Crippen molar-refractivity contribution in [3.05, 3.63) is 54.1 Å². The van der Waals surface area contributed by atoms with Gasteiger partial charge in [0.15, 0.2) is 6.61 Å². The molecule has 2 aromatic carbocycles. The van der Waals surface area contributed by atoms with Crippen molar-refractivity contribution < 1.29 is 17.9 Å². The lowest BCUT2D eigenvalue weighted by molar-refractivity contribution is -0.123. The van der Waals surface area contributed by atoms with Gasteiger partial charge in [-0.05, 0) is 55.7 Å². The Morgan fingerprint density at radius 1 is 1.18 bits per heavy atom. The number of para-hydroxylation sites is 1. The fourth-order valence-corrected chi connectivity index (χ4v) is 4.87. The van der Waals surface area contributed by atoms with E-state index in [1.54, 1.807) is 12.1 Å². The highest BCUT2D eigenvalue weighted by Crippen LogP contribution is 2.32. The SMILES string of the molecule is CCC[C@H](C)NC(=O)COc1ccc(S(=O)(=O)N2CCc3ccccc32)cc1. The first kappa shape index (κ1) is 20.2. The number of carbonyl (C=O) groups excluding carboxylic acids is 1. The quantitative estimate of drug-likeness (QED) is 0.736. The number of nitrogens with one attached hydrogen (secondary N) is 1. The Hall–Kier alpha value is -2.54. The third-order valence-electron chi connectivity index (χ3n) is 4.76. The van der Waals surface area contributed by atoms with E-state index in [1.807, 2.05) is 31.2 Å². The van der Waals surface area contributed by atoms with Crippen LogP contribution in [0.25, 0.3) is 0 Å². The molecule has 0 unspecified atom stereocenters. The Bertz CT molecular complexity index is 926. The molecule has 3 rings (SSSR count). The highest BCUT2D eigenvalue weighted by Gasteiger charge is 2.30. The van der Waals surface area contributed by atoms with Crippen molar-refractivity contribution in [1.82, 2.24) is 5.32 Å². The van der Waals surface area contributed by atoms with Crippen LogP contribution in [0.15, 0.2) is 53.4 Å². The molecule has 1 amide bonds.